The lowest BCUT2D eigenvalue weighted by molar-refractivity contribution is 0.715. The van der Waals surface area contributed by atoms with Crippen LogP contribution < -0.4 is 14.7 Å². The molecule has 2 aliphatic heterocycles. The van der Waals surface area contributed by atoms with Crippen LogP contribution in [0.4, 0.5) is 51.2 Å². The number of anilines is 9. The van der Waals surface area contributed by atoms with Gasteiger partial charge in [-0.2, -0.15) is 0 Å². The van der Waals surface area contributed by atoms with Crippen LogP contribution in [-0.4, -0.2) is 0 Å². The third-order valence-electron chi connectivity index (χ3n) is 19.0. The van der Waals surface area contributed by atoms with Crippen LogP contribution in [0.15, 0.2) is 285 Å². The van der Waals surface area contributed by atoms with Crippen LogP contribution in [0.1, 0.15) is 99.6 Å². The molecule has 0 N–H and O–H groups in total. The highest BCUT2D eigenvalue weighted by Gasteiger charge is 2.43. The van der Waals surface area contributed by atoms with Crippen LogP contribution in [0.25, 0.3) is 66.1 Å². The van der Waals surface area contributed by atoms with E-state index in [9.17, 15) is 0 Å². The van der Waals surface area contributed by atoms with E-state index >= 15 is 0 Å². The Morgan fingerprint density at radius 3 is 1.23 bits per heavy atom. The van der Waals surface area contributed by atoms with Crippen molar-refractivity contribution in [1.82, 2.24) is 0 Å². The van der Waals surface area contributed by atoms with E-state index < -0.39 is 5.41 Å². The number of para-hydroxylation sites is 3. The summed E-state index contributed by atoms with van der Waals surface area (Å²) in [4.78, 5) is 7.65. The van der Waals surface area contributed by atoms with E-state index in [2.05, 4.69) is 348 Å². The van der Waals surface area contributed by atoms with Crippen LogP contribution in [0, 0.1) is 0 Å². The van der Waals surface area contributed by atoms with E-state index in [0.29, 0.717) is 17.8 Å². The van der Waals surface area contributed by atoms with Gasteiger partial charge in [-0.15, -0.1) is 0 Å². The predicted octanol–water partition coefficient (Wildman–Crippen LogP) is 24.4. The highest BCUT2D eigenvalue weighted by molar-refractivity contribution is 6.25. The summed E-state index contributed by atoms with van der Waals surface area (Å²) in [5.74, 6) is 1.16. The van der Waals surface area contributed by atoms with Crippen molar-refractivity contribution in [3.8, 4) is 44.5 Å². The molecule has 0 amide bonds. The average molecular weight is 1130 g/mol. The summed E-state index contributed by atoms with van der Waals surface area (Å²) in [5, 5.41) is 4.60. The van der Waals surface area contributed by atoms with E-state index in [-0.39, 0.29) is 0 Å². The molecule has 1 unspecified atom stereocenters. The SMILES string of the molecule is CC(C)c1ccc(N2c3ccc4c(c3)C(C)(c3ccc(cc3)-c3ccccc32)c2cc3c(N(c5ccc(C(C)C)cc5)c5ccccc5-c5ccccc5)c5ccccc5c(N(c5ccc(C(C)C)cc5)c5ccccc5-c5ccccc5)c3cc2-4)cc1. The summed E-state index contributed by atoms with van der Waals surface area (Å²) >= 11 is 0. The number of fused-ring (bicyclic) bond motifs is 6. The van der Waals surface area contributed by atoms with E-state index in [0.717, 1.165) is 95.0 Å². The number of rotatable bonds is 12. The van der Waals surface area contributed by atoms with E-state index in [1.807, 2.05) is 0 Å². The summed E-state index contributed by atoms with van der Waals surface area (Å²) in [7, 11) is 0. The monoisotopic (exact) mass is 1130 g/mol. The van der Waals surface area contributed by atoms with Gasteiger partial charge in [0.05, 0.1) is 28.4 Å². The first kappa shape index (κ1) is 54.4. The molecule has 0 spiro atoms. The zero-order valence-corrected chi connectivity index (χ0v) is 51.2. The van der Waals surface area contributed by atoms with Crippen molar-refractivity contribution in [2.75, 3.05) is 14.7 Å². The van der Waals surface area contributed by atoms with Crippen LogP contribution in [-0.2, 0) is 5.41 Å². The second-order valence-electron chi connectivity index (χ2n) is 25.1. The summed E-state index contributed by atoms with van der Waals surface area (Å²) in [5.41, 5.74) is 26.7. The van der Waals surface area contributed by atoms with Crippen molar-refractivity contribution in [3.05, 3.63) is 318 Å². The molecule has 16 rings (SSSR count). The quantitative estimate of drug-likeness (QED) is 0.0892. The van der Waals surface area contributed by atoms with Gasteiger partial charge in [-0.25, -0.2) is 0 Å². The minimum atomic E-state index is -0.585. The number of benzene rings is 13. The molecule has 1 aliphatic carbocycles. The lowest BCUT2D eigenvalue weighted by Crippen LogP contribution is -2.23. The van der Waals surface area contributed by atoms with Crippen LogP contribution in [0.5, 0.6) is 0 Å². The first-order chi connectivity index (χ1) is 43.0. The van der Waals surface area contributed by atoms with Gasteiger partial charge in [0.25, 0.3) is 0 Å². The fraction of sp³-hybridized carbons (Fsp3) is 0.129. The molecule has 88 heavy (non-hydrogen) atoms. The first-order valence-electron chi connectivity index (χ1n) is 31.4. The summed E-state index contributed by atoms with van der Waals surface area (Å²) in [6.45, 7) is 16.2. The molecule has 0 saturated carbocycles. The molecule has 3 heteroatoms. The Hall–Kier alpha value is -10.2. The summed E-state index contributed by atoms with van der Waals surface area (Å²) < 4.78 is 0. The zero-order chi connectivity index (χ0) is 59.8. The van der Waals surface area contributed by atoms with Gasteiger partial charge in [0.15, 0.2) is 0 Å². The average Bonchev–Trinajstić information content (AvgIpc) is 1.43. The molecule has 13 aromatic carbocycles. The van der Waals surface area contributed by atoms with Crippen LogP contribution >= 0.6 is 0 Å². The molecule has 2 heterocycles. The Kier molecular flexibility index (Phi) is 13.6. The van der Waals surface area contributed by atoms with Gasteiger partial charge in [0.1, 0.15) is 0 Å². The van der Waals surface area contributed by atoms with Gasteiger partial charge in [0, 0.05) is 66.4 Å². The van der Waals surface area contributed by atoms with Gasteiger partial charge < -0.3 is 14.7 Å². The Morgan fingerprint density at radius 2 is 0.716 bits per heavy atom. The molecular formula is C85H71N3. The summed E-state index contributed by atoms with van der Waals surface area (Å²) in [6, 6.07) is 108. The van der Waals surface area contributed by atoms with Gasteiger partial charge in [0.2, 0.25) is 0 Å². The fourth-order valence-electron chi connectivity index (χ4n) is 14.3. The highest BCUT2D eigenvalue weighted by atomic mass is 15.2. The van der Waals surface area contributed by atoms with Crippen LogP contribution in [0.3, 0.4) is 0 Å². The normalized spacial score (nSPS) is 14.0. The predicted molar refractivity (Wildman–Crippen MR) is 375 cm³/mol. The number of hydrogen-bond donors (Lipinski definition) is 0. The minimum absolute atomic E-state index is 0.368. The third-order valence-corrected chi connectivity index (χ3v) is 19.0. The molecule has 0 radical (unpaired) electrons. The van der Waals surface area contributed by atoms with E-state index in [1.54, 1.807) is 0 Å². The van der Waals surface area contributed by atoms with Crippen molar-refractivity contribution in [2.45, 2.75) is 71.6 Å². The number of hydrogen-bond acceptors (Lipinski definition) is 3. The molecule has 3 nitrogen and oxygen atoms in total. The van der Waals surface area contributed by atoms with Crippen LogP contribution in [0.2, 0.25) is 0 Å². The Bertz CT molecular complexity index is 4750. The third kappa shape index (κ3) is 9.02. The largest absolute Gasteiger partial charge is 0.310 e. The topological polar surface area (TPSA) is 9.72 Å². The molecule has 4 bridgehead atoms. The van der Waals surface area contributed by atoms with Crippen molar-refractivity contribution < 1.29 is 0 Å². The van der Waals surface area contributed by atoms with Gasteiger partial charge in [-0.3, -0.25) is 0 Å². The molecule has 13 aromatic rings. The zero-order valence-electron chi connectivity index (χ0n) is 51.2. The maximum Gasteiger partial charge on any atom is 0.0620 e. The Labute approximate surface area is 519 Å². The second kappa shape index (κ2) is 21.9. The van der Waals surface area contributed by atoms with Gasteiger partial charge >= 0.3 is 0 Å². The van der Waals surface area contributed by atoms with Crippen molar-refractivity contribution in [2.24, 2.45) is 0 Å². The maximum atomic E-state index is 2.62. The standard InChI is InChI=1S/C85H71N3/c1-55(2)58-36-44-65(45-37-58)86-68-50-51-72-75-53-76-77(54-79(75)85(7,78(72)52-68)64-42-34-63(35-43-64)71-28-16-19-31-80(71)86)84(88(67-48-40-60(41-49-67)57(5)6)82-33-21-18-27-70(82)62-24-12-9-13-25-62)74-30-15-14-29-73(74)83(76)87(66-46-38-59(39-47-66)56(3)4)81-32-20-17-26-69(81)61-22-10-8-11-23-61/h8-57H,1-7H3. The number of nitrogens with zero attached hydrogens (tertiary/aromatic N) is 3. The lowest BCUT2D eigenvalue weighted by atomic mass is 9.73. The molecule has 0 aromatic heterocycles. The van der Waals surface area contributed by atoms with E-state index in [4.69, 9.17) is 0 Å². The van der Waals surface area contributed by atoms with Crippen molar-refractivity contribution >= 4 is 72.7 Å². The smallest absolute Gasteiger partial charge is 0.0620 e. The molecular weight excluding hydrogens is 1060 g/mol. The molecule has 426 valence electrons. The lowest BCUT2D eigenvalue weighted by Gasteiger charge is -2.35. The minimum Gasteiger partial charge on any atom is -0.310 e. The molecule has 1 atom stereocenters. The van der Waals surface area contributed by atoms with Gasteiger partial charge in [-0.05, 0) is 165 Å². The fourth-order valence-corrected chi connectivity index (χ4v) is 14.3. The van der Waals surface area contributed by atoms with E-state index in [1.165, 1.54) is 55.6 Å². The highest BCUT2D eigenvalue weighted by Crippen LogP contribution is 2.60. The molecule has 0 fully saturated rings. The summed E-state index contributed by atoms with van der Waals surface area (Å²) in [6.07, 6.45) is 0. The van der Waals surface area contributed by atoms with Gasteiger partial charge in [-0.1, -0.05) is 248 Å². The maximum absolute atomic E-state index is 2.62. The molecule has 3 aliphatic rings. The first-order valence-corrected chi connectivity index (χ1v) is 31.4. The second-order valence-corrected chi connectivity index (χ2v) is 25.1. The Balaban J connectivity index is 1.10. The van der Waals surface area contributed by atoms with Crippen molar-refractivity contribution in [1.29, 1.82) is 0 Å². The molecule has 0 saturated heterocycles. The van der Waals surface area contributed by atoms with Crippen molar-refractivity contribution in [3.63, 3.8) is 0 Å². The Morgan fingerprint density at radius 1 is 0.307 bits per heavy atom.